The summed E-state index contributed by atoms with van der Waals surface area (Å²) in [6.45, 7) is 6.86. The Balaban J connectivity index is 2.42. The van der Waals surface area contributed by atoms with Crippen LogP contribution < -0.4 is 5.32 Å². The molecule has 0 aromatic heterocycles. The summed E-state index contributed by atoms with van der Waals surface area (Å²) in [5.41, 5.74) is 2.14. The van der Waals surface area contributed by atoms with Gasteiger partial charge in [-0.3, -0.25) is 9.59 Å². The van der Waals surface area contributed by atoms with Crippen LogP contribution in [0.1, 0.15) is 56.0 Å². The van der Waals surface area contributed by atoms with Crippen LogP contribution in [0.3, 0.4) is 0 Å². The fraction of sp³-hybridized carbons (Fsp3) is 0.529. The van der Waals surface area contributed by atoms with Gasteiger partial charge in [-0.2, -0.15) is 0 Å². The van der Waals surface area contributed by atoms with Crippen molar-refractivity contribution in [3.63, 3.8) is 0 Å². The SMILES string of the molecule is CC(C)(C)CCCc1ccc(C(=O)NCCC(=O)O)cc1. The Kier molecular flexibility index (Phi) is 6.40. The highest BCUT2D eigenvalue weighted by Gasteiger charge is 2.10. The summed E-state index contributed by atoms with van der Waals surface area (Å²) >= 11 is 0. The van der Waals surface area contributed by atoms with Crippen LogP contribution in [0.4, 0.5) is 0 Å². The Morgan fingerprint density at radius 2 is 1.76 bits per heavy atom. The van der Waals surface area contributed by atoms with Gasteiger partial charge in [0.15, 0.2) is 0 Å². The molecular weight excluding hydrogens is 266 g/mol. The van der Waals surface area contributed by atoms with Crippen molar-refractivity contribution in [2.75, 3.05) is 6.54 Å². The van der Waals surface area contributed by atoms with Crippen LogP contribution in [0.25, 0.3) is 0 Å². The zero-order valence-corrected chi connectivity index (χ0v) is 13.1. The van der Waals surface area contributed by atoms with Gasteiger partial charge in [0, 0.05) is 12.1 Å². The fourth-order valence-corrected chi connectivity index (χ4v) is 2.03. The second-order valence-electron chi connectivity index (χ2n) is 6.51. The molecule has 1 aromatic rings. The molecule has 0 unspecified atom stereocenters. The molecule has 0 fully saturated rings. The molecule has 0 radical (unpaired) electrons. The smallest absolute Gasteiger partial charge is 0.305 e. The first-order valence-corrected chi connectivity index (χ1v) is 7.37. The van der Waals surface area contributed by atoms with Gasteiger partial charge in [0.25, 0.3) is 5.91 Å². The number of carbonyl (C=O) groups excluding carboxylic acids is 1. The number of hydrogen-bond acceptors (Lipinski definition) is 2. The molecule has 1 aromatic carbocycles. The highest BCUT2D eigenvalue weighted by molar-refractivity contribution is 5.94. The van der Waals surface area contributed by atoms with Crippen LogP contribution in [0.5, 0.6) is 0 Å². The maximum absolute atomic E-state index is 11.8. The lowest BCUT2D eigenvalue weighted by atomic mass is 9.89. The molecule has 0 aliphatic rings. The normalized spacial score (nSPS) is 11.2. The van der Waals surface area contributed by atoms with Gasteiger partial charge < -0.3 is 10.4 Å². The van der Waals surface area contributed by atoms with Crippen LogP contribution in [-0.4, -0.2) is 23.5 Å². The average molecular weight is 291 g/mol. The van der Waals surface area contributed by atoms with E-state index < -0.39 is 5.97 Å². The molecule has 0 spiro atoms. The monoisotopic (exact) mass is 291 g/mol. The predicted molar refractivity (Wildman–Crippen MR) is 83.4 cm³/mol. The minimum absolute atomic E-state index is 0.0589. The first-order valence-electron chi connectivity index (χ1n) is 7.37. The van der Waals surface area contributed by atoms with Crippen molar-refractivity contribution in [3.05, 3.63) is 35.4 Å². The maximum Gasteiger partial charge on any atom is 0.305 e. The Hall–Kier alpha value is -1.84. The van der Waals surface area contributed by atoms with Crippen LogP contribution in [-0.2, 0) is 11.2 Å². The number of aryl methyl sites for hydroxylation is 1. The quantitative estimate of drug-likeness (QED) is 0.810. The molecular formula is C17H25NO3. The summed E-state index contributed by atoms with van der Waals surface area (Å²) in [6, 6.07) is 7.52. The van der Waals surface area contributed by atoms with Crippen LogP contribution in [0.15, 0.2) is 24.3 Å². The molecule has 116 valence electrons. The number of hydrogen-bond donors (Lipinski definition) is 2. The Morgan fingerprint density at radius 1 is 1.14 bits per heavy atom. The molecule has 0 saturated carbocycles. The number of carbonyl (C=O) groups is 2. The number of benzene rings is 1. The van der Waals surface area contributed by atoms with Crippen LogP contribution >= 0.6 is 0 Å². The number of nitrogens with one attached hydrogen (secondary N) is 1. The Labute approximate surface area is 126 Å². The Bertz CT molecular complexity index is 472. The van der Waals surface area contributed by atoms with E-state index in [1.807, 2.05) is 12.1 Å². The molecule has 2 N–H and O–H groups in total. The van der Waals surface area contributed by atoms with Crippen molar-refractivity contribution >= 4 is 11.9 Å². The summed E-state index contributed by atoms with van der Waals surface area (Å²) in [5, 5.41) is 11.1. The first kappa shape index (κ1) is 17.2. The third-order valence-electron chi connectivity index (χ3n) is 3.23. The minimum atomic E-state index is -0.913. The second kappa shape index (κ2) is 7.81. The molecule has 0 bridgehead atoms. The minimum Gasteiger partial charge on any atom is -0.481 e. The lowest BCUT2D eigenvalue weighted by Gasteiger charge is -2.17. The van der Waals surface area contributed by atoms with E-state index in [9.17, 15) is 9.59 Å². The Morgan fingerprint density at radius 3 is 2.29 bits per heavy atom. The molecule has 0 atom stereocenters. The van der Waals surface area contributed by atoms with Crippen LogP contribution in [0, 0.1) is 5.41 Å². The van der Waals surface area contributed by atoms with Gasteiger partial charge in [-0.15, -0.1) is 0 Å². The summed E-state index contributed by atoms with van der Waals surface area (Å²) in [4.78, 5) is 22.2. The number of amides is 1. The van der Waals surface area contributed by atoms with Crippen LogP contribution in [0.2, 0.25) is 0 Å². The maximum atomic E-state index is 11.8. The average Bonchev–Trinajstić information content (AvgIpc) is 2.37. The highest BCUT2D eigenvalue weighted by Crippen LogP contribution is 2.22. The molecule has 0 aliphatic heterocycles. The van der Waals surface area contributed by atoms with E-state index in [1.165, 1.54) is 12.0 Å². The molecule has 0 heterocycles. The third-order valence-corrected chi connectivity index (χ3v) is 3.23. The zero-order chi connectivity index (χ0) is 15.9. The number of carboxylic acids is 1. The first-order chi connectivity index (χ1) is 9.78. The lowest BCUT2D eigenvalue weighted by Crippen LogP contribution is -2.25. The topological polar surface area (TPSA) is 66.4 Å². The highest BCUT2D eigenvalue weighted by atomic mass is 16.4. The van der Waals surface area contributed by atoms with E-state index in [0.29, 0.717) is 11.0 Å². The summed E-state index contributed by atoms with van der Waals surface area (Å²) < 4.78 is 0. The second-order valence-corrected chi connectivity index (χ2v) is 6.51. The van der Waals surface area contributed by atoms with Crippen molar-refractivity contribution in [1.82, 2.24) is 5.32 Å². The predicted octanol–water partition coefficient (Wildman–Crippen LogP) is 3.26. The summed E-state index contributed by atoms with van der Waals surface area (Å²) in [5.74, 6) is -1.14. The van der Waals surface area contributed by atoms with Gasteiger partial charge in [-0.25, -0.2) is 0 Å². The van der Waals surface area contributed by atoms with Crippen molar-refractivity contribution < 1.29 is 14.7 Å². The van der Waals surface area contributed by atoms with Gasteiger partial charge in [0.2, 0.25) is 0 Å². The lowest BCUT2D eigenvalue weighted by molar-refractivity contribution is -0.136. The van der Waals surface area contributed by atoms with Crippen molar-refractivity contribution in [1.29, 1.82) is 0 Å². The molecule has 1 amide bonds. The van der Waals surface area contributed by atoms with E-state index in [0.717, 1.165) is 12.8 Å². The van der Waals surface area contributed by atoms with Crippen molar-refractivity contribution in [3.8, 4) is 0 Å². The van der Waals surface area contributed by atoms with Crippen molar-refractivity contribution in [2.24, 2.45) is 5.41 Å². The van der Waals surface area contributed by atoms with Gasteiger partial charge in [-0.1, -0.05) is 32.9 Å². The molecule has 4 heteroatoms. The van der Waals surface area contributed by atoms with Gasteiger partial charge in [0.1, 0.15) is 0 Å². The van der Waals surface area contributed by atoms with Gasteiger partial charge >= 0.3 is 5.97 Å². The molecule has 0 saturated heterocycles. The van der Waals surface area contributed by atoms with Crippen molar-refractivity contribution in [2.45, 2.75) is 46.5 Å². The zero-order valence-electron chi connectivity index (χ0n) is 13.1. The number of carboxylic acid groups (broad SMARTS) is 1. The standard InChI is InChI=1S/C17H25NO3/c1-17(2,3)11-4-5-13-6-8-14(9-7-13)16(21)18-12-10-15(19)20/h6-9H,4-5,10-12H2,1-3H3,(H,18,21)(H,19,20). The third kappa shape index (κ3) is 7.49. The van der Waals surface area contributed by atoms with E-state index in [1.54, 1.807) is 12.1 Å². The fourth-order valence-electron chi connectivity index (χ4n) is 2.03. The van der Waals surface area contributed by atoms with E-state index in [4.69, 9.17) is 5.11 Å². The molecule has 1 rings (SSSR count). The van der Waals surface area contributed by atoms with Gasteiger partial charge in [0.05, 0.1) is 6.42 Å². The molecule has 4 nitrogen and oxygen atoms in total. The van der Waals surface area contributed by atoms with E-state index >= 15 is 0 Å². The van der Waals surface area contributed by atoms with E-state index in [2.05, 4.69) is 26.1 Å². The van der Waals surface area contributed by atoms with E-state index in [-0.39, 0.29) is 18.9 Å². The number of aliphatic carboxylic acids is 1. The summed E-state index contributed by atoms with van der Waals surface area (Å²) in [6.07, 6.45) is 3.26. The summed E-state index contributed by atoms with van der Waals surface area (Å²) in [7, 11) is 0. The molecule has 21 heavy (non-hydrogen) atoms. The number of rotatable bonds is 7. The largest absolute Gasteiger partial charge is 0.481 e. The van der Waals surface area contributed by atoms with Gasteiger partial charge in [-0.05, 0) is 42.4 Å². The molecule has 0 aliphatic carbocycles.